The molecule has 0 aliphatic rings. The minimum atomic E-state index is -0.0173. The number of nitrogens with zero attached hydrogens (tertiary/aromatic N) is 2. The van der Waals surface area contributed by atoms with E-state index in [1.54, 1.807) is 12.3 Å². The lowest BCUT2D eigenvalue weighted by Gasteiger charge is -2.18. The van der Waals surface area contributed by atoms with Gasteiger partial charge in [-0.2, -0.15) is 0 Å². The molecular formula is C27H38N4O. The van der Waals surface area contributed by atoms with Crippen molar-refractivity contribution in [2.45, 2.75) is 47.0 Å². The maximum absolute atomic E-state index is 11.6. The van der Waals surface area contributed by atoms with Gasteiger partial charge >= 0.3 is 0 Å². The number of carbonyl (C=O) groups excluding carboxylic acids is 1. The summed E-state index contributed by atoms with van der Waals surface area (Å²) in [5, 5.41) is 4.69. The number of aromatic nitrogens is 1. The van der Waals surface area contributed by atoms with Crippen LogP contribution in [0, 0.1) is 6.92 Å². The van der Waals surface area contributed by atoms with Crippen molar-refractivity contribution in [2.24, 2.45) is 0 Å². The van der Waals surface area contributed by atoms with E-state index < -0.39 is 0 Å². The lowest BCUT2D eigenvalue weighted by molar-refractivity contribution is -0.116. The first-order chi connectivity index (χ1) is 15.4. The Balaban J connectivity index is 0.000000318. The van der Waals surface area contributed by atoms with Crippen LogP contribution in [0.25, 0.3) is 10.8 Å². The van der Waals surface area contributed by atoms with Crippen LogP contribution in [0.2, 0.25) is 0 Å². The first-order valence-electron chi connectivity index (χ1n) is 11.3. The highest BCUT2D eigenvalue weighted by molar-refractivity contribution is 5.97. The van der Waals surface area contributed by atoms with E-state index in [0.717, 1.165) is 23.0 Å². The van der Waals surface area contributed by atoms with Gasteiger partial charge in [0.05, 0.1) is 0 Å². The molecule has 0 saturated carbocycles. The molecule has 5 nitrogen and oxygen atoms in total. The highest BCUT2D eigenvalue weighted by Crippen LogP contribution is 2.22. The number of hydrogen-bond acceptors (Lipinski definition) is 4. The van der Waals surface area contributed by atoms with Crippen LogP contribution in [-0.2, 0) is 4.79 Å². The average Bonchev–Trinajstić information content (AvgIpc) is 2.80. The number of nitrogen functional groups attached to an aromatic ring is 1. The summed E-state index contributed by atoms with van der Waals surface area (Å²) < 4.78 is 0. The molecule has 1 aromatic heterocycles. The van der Waals surface area contributed by atoms with Crippen molar-refractivity contribution >= 4 is 33.9 Å². The monoisotopic (exact) mass is 434 g/mol. The van der Waals surface area contributed by atoms with Crippen LogP contribution in [0.15, 0.2) is 67.4 Å². The van der Waals surface area contributed by atoms with Crippen molar-refractivity contribution in [1.29, 1.82) is 0 Å². The molecule has 0 radical (unpaired) electrons. The second-order valence-electron chi connectivity index (χ2n) is 7.26. The third kappa shape index (κ3) is 8.80. The van der Waals surface area contributed by atoms with E-state index >= 15 is 0 Å². The second kappa shape index (κ2) is 14.6. The topological polar surface area (TPSA) is 71.2 Å². The number of nitrogens with one attached hydrogen (secondary N) is 1. The molecular weight excluding hydrogens is 396 g/mol. The fraction of sp³-hybridized carbons (Fsp3) is 0.333. The Morgan fingerprint density at radius 1 is 1.16 bits per heavy atom. The molecule has 3 N–H and O–H groups in total. The number of fused-ring (bicyclic) bond motifs is 1. The molecule has 2 aromatic carbocycles. The summed E-state index contributed by atoms with van der Waals surface area (Å²) in [6.45, 7) is 13.0. The van der Waals surface area contributed by atoms with Gasteiger partial charge in [-0.15, -0.1) is 6.58 Å². The van der Waals surface area contributed by atoms with Crippen molar-refractivity contribution in [1.82, 2.24) is 4.98 Å². The molecule has 3 rings (SSSR count). The molecule has 32 heavy (non-hydrogen) atoms. The molecule has 0 saturated heterocycles. The SMILES string of the molecule is C=CCCC(=O)Nc1ccc2c(N)nccc2c1.CC.CCCN(C)c1ccc(C)cc1. The molecule has 0 atom stereocenters. The van der Waals surface area contributed by atoms with Crippen LogP contribution in [0.4, 0.5) is 17.2 Å². The summed E-state index contributed by atoms with van der Waals surface area (Å²) in [5.41, 5.74) is 9.16. The average molecular weight is 435 g/mol. The zero-order valence-corrected chi connectivity index (χ0v) is 20.2. The van der Waals surface area contributed by atoms with E-state index in [4.69, 9.17) is 5.73 Å². The highest BCUT2D eigenvalue weighted by Gasteiger charge is 2.03. The zero-order chi connectivity index (χ0) is 23.9. The lowest BCUT2D eigenvalue weighted by Crippen LogP contribution is -2.17. The van der Waals surface area contributed by atoms with Gasteiger partial charge in [0, 0.05) is 43.0 Å². The normalized spacial score (nSPS) is 9.66. The van der Waals surface area contributed by atoms with E-state index in [0.29, 0.717) is 18.7 Å². The highest BCUT2D eigenvalue weighted by atomic mass is 16.1. The van der Waals surface area contributed by atoms with Gasteiger partial charge in [0.25, 0.3) is 0 Å². The van der Waals surface area contributed by atoms with Crippen molar-refractivity contribution in [3.63, 3.8) is 0 Å². The summed E-state index contributed by atoms with van der Waals surface area (Å²) >= 11 is 0. The van der Waals surface area contributed by atoms with Crippen LogP contribution in [0.3, 0.4) is 0 Å². The van der Waals surface area contributed by atoms with Crippen molar-refractivity contribution in [2.75, 3.05) is 29.5 Å². The van der Waals surface area contributed by atoms with E-state index in [2.05, 4.69) is 66.9 Å². The third-order valence-electron chi connectivity index (χ3n) is 4.69. The van der Waals surface area contributed by atoms with Gasteiger partial charge in [-0.1, -0.05) is 44.5 Å². The fourth-order valence-corrected chi connectivity index (χ4v) is 3.00. The predicted molar refractivity (Wildman–Crippen MR) is 140 cm³/mol. The number of nitrogens with two attached hydrogens (primary N) is 1. The van der Waals surface area contributed by atoms with Gasteiger partial charge in [-0.3, -0.25) is 4.79 Å². The Hall–Kier alpha value is -3.34. The minimum absolute atomic E-state index is 0.0173. The van der Waals surface area contributed by atoms with Gasteiger partial charge in [0.1, 0.15) is 5.82 Å². The predicted octanol–water partition coefficient (Wildman–Crippen LogP) is 6.59. The number of allylic oxidation sites excluding steroid dienone is 1. The van der Waals surface area contributed by atoms with Crippen molar-refractivity contribution < 1.29 is 4.79 Å². The van der Waals surface area contributed by atoms with Crippen LogP contribution in [0.5, 0.6) is 0 Å². The number of anilines is 3. The number of hydrogen-bond donors (Lipinski definition) is 2. The molecule has 172 valence electrons. The van der Waals surface area contributed by atoms with Crippen molar-refractivity contribution in [3.05, 3.63) is 72.9 Å². The van der Waals surface area contributed by atoms with Crippen LogP contribution < -0.4 is 16.0 Å². The van der Waals surface area contributed by atoms with E-state index in [1.165, 1.54) is 17.7 Å². The minimum Gasteiger partial charge on any atom is -0.383 e. The number of aryl methyl sites for hydroxylation is 1. The number of rotatable bonds is 7. The number of benzene rings is 2. The maximum Gasteiger partial charge on any atom is 0.224 e. The summed E-state index contributed by atoms with van der Waals surface area (Å²) in [7, 11) is 2.13. The molecule has 1 heterocycles. The Morgan fingerprint density at radius 2 is 1.84 bits per heavy atom. The number of carbonyl (C=O) groups is 1. The Bertz CT molecular complexity index is 967. The summed E-state index contributed by atoms with van der Waals surface area (Å²) in [5.74, 6) is 0.480. The standard InChI is InChI=1S/C14H15N3O.C11H17N.C2H6/c1-2-3-4-13(18)17-11-5-6-12-10(9-11)7-8-16-14(12)15;1-4-9-12(3)11-7-5-10(2)6-8-11;1-2/h2,5-9H,1,3-4H2,(H2,15,16)(H,17,18);5-8H,4,9H2,1-3H3;1-2H3. The van der Waals surface area contributed by atoms with Crippen molar-refractivity contribution in [3.8, 4) is 0 Å². The smallest absolute Gasteiger partial charge is 0.224 e. The first kappa shape index (κ1) is 26.7. The molecule has 0 fully saturated rings. The van der Waals surface area contributed by atoms with Crippen LogP contribution >= 0.6 is 0 Å². The largest absolute Gasteiger partial charge is 0.383 e. The zero-order valence-electron chi connectivity index (χ0n) is 20.2. The van der Waals surface area contributed by atoms with E-state index in [1.807, 2.05) is 38.1 Å². The molecule has 5 heteroatoms. The van der Waals surface area contributed by atoms with Gasteiger partial charge in [-0.25, -0.2) is 4.98 Å². The lowest BCUT2D eigenvalue weighted by atomic mass is 10.1. The molecule has 0 spiro atoms. The number of amides is 1. The molecule has 3 aromatic rings. The van der Waals surface area contributed by atoms with Gasteiger partial charge in [-0.05, 0) is 61.5 Å². The van der Waals surface area contributed by atoms with Crippen LogP contribution in [0.1, 0.15) is 45.6 Å². The molecule has 0 aliphatic heterocycles. The van der Waals surface area contributed by atoms with Crippen LogP contribution in [-0.4, -0.2) is 24.5 Å². The quantitative estimate of drug-likeness (QED) is 0.412. The maximum atomic E-state index is 11.6. The fourth-order valence-electron chi connectivity index (χ4n) is 3.00. The second-order valence-corrected chi connectivity index (χ2v) is 7.26. The Kier molecular flexibility index (Phi) is 12.2. The Labute approximate surface area is 193 Å². The summed E-state index contributed by atoms with van der Waals surface area (Å²) in [6.07, 6.45) is 5.70. The van der Waals surface area contributed by atoms with E-state index in [-0.39, 0.29) is 5.91 Å². The van der Waals surface area contributed by atoms with Gasteiger partial charge in [0.15, 0.2) is 0 Å². The van der Waals surface area contributed by atoms with Gasteiger partial charge < -0.3 is 16.0 Å². The number of pyridine rings is 1. The molecule has 0 unspecified atom stereocenters. The first-order valence-corrected chi connectivity index (χ1v) is 11.3. The third-order valence-corrected chi connectivity index (χ3v) is 4.69. The molecule has 1 amide bonds. The van der Waals surface area contributed by atoms with Gasteiger partial charge in [0.2, 0.25) is 5.91 Å². The summed E-state index contributed by atoms with van der Waals surface area (Å²) in [4.78, 5) is 17.9. The summed E-state index contributed by atoms with van der Waals surface area (Å²) in [6, 6.07) is 16.1. The Morgan fingerprint density at radius 3 is 2.47 bits per heavy atom. The molecule has 0 bridgehead atoms. The molecule has 0 aliphatic carbocycles. The van der Waals surface area contributed by atoms with E-state index in [9.17, 15) is 4.79 Å².